The number of rotatable bonds is 2. The van der Waals surface area contributed by atoms with Gasteiger partial charge in [-0.1, -0.05) is 24.4 Å². The molecule has 0 aromatic carbocycles. The third-order valence-corrected chi connectivity index (χ3v) is 5.24. The lowest BCUT2D eigenvalue weighted by Crippen LogP contribution is -2.51. The van der Waals surface area contributed by atoms with Crippen molar-refractivity contribution in [1.29, 1.82) is 0 Å². The van der Waals surface area contributed by atoms with Crippen LogP contribution in [0, 0.1) is 6.92 Å². The van der Waals surface area contributed by atoms with Gasteiger partial charge in [0.2, 0.25) is 0 Å². The molecule has 0 bridgehead atoms. The minimum atomic E-state index is 0.0247. The summed E-state index contributed by atoms with van der Waals surface area (Å²) < 4.78 is 1.57. The van der Waals surface area contributed by atoms with Crippen LogP contribution in [0.4, 0.5) is 0 Å². The quantitative estimate of drug-likeness (QED) is 0.840. The number of hydrogen-bond acceptors (Lipinski definition) is 3. The lowest BCUT2D eigenvalue weighted by molar-refractivity contribution is 0.0573. The summed E-state index contributed by atoms with van der Waals surface area (Å²) in [5.74, 6) is 0.0247. The summed E-state index contributed by atoms with van der Waals surface area (Å²) in [4.78, 5) is 17.1. The molecular formula is C15H23ClN4O. The smallest absolute Gasteiger partial charge is 0.258 e. The highest BCUT2D eigenvalue weighted by atomic mass is 35.5. The molecule has 1 amide bonds. The molecule has 3 rings (SSSR count). The van der Waals surface area contributed by atoms with E-state index in [0.29, 0.717) is 16.4 Å². The molecule has 1 aliphatic heterocycles. The molecule has 1 saturated carbocycles. The summed E-state index contributed by atoms with van der Waals surface area (Å²) in [7, 11) is 1.77. The summed E-state index contributed by atoms with van der Waals surface area (Å²) in [5.41, 5.74) is 1.28. The summed E-state index contributed by atoms with van der Waals surface area (Å²) >= 11 is 6.20. The first-order valence-corrected chi connectivity index (χ1v) is 8.18. The molecule has 1 aliphatic carbocycles. The van der Waals surface area contributed by atoms with E-state index in [1.54, 1.807) is 11.7 Å². The minimum Gasteiger partial charge on any atom is -0.336 e. The van der Waals surface area contributed by atoms with Gasteiger partial charge in [0.05, 0.1) is 11.3 Å². The van der Waals surface area contributed by atoms with E-state index in [1.165, 1.54) is 25.7 Å². The number of piperazine rings is 1. The van der Waals surface area contributed by atoms with Crippen molar-refractivity contribution in [2.45, 2.75) is 38.6 Å². The van der Waals surface area contributed by atoms with Gasteiger partial charge in [0.15, 0.2) is 0 Å². The number of hydrogen-bond donors (Lipinski definition) is 0. The molecule has 0 N–H and O–H groups in total. The van der Waals surface area contributed by atoms with Crippen molar-refractivity contribution in [2.24, 2.45) is 7.05 Å². The average molecular weight is 311 g/mol. The van der Waals surface area contributed by atoms with Gasteiger partial charge in [0.1, 0.15) is 5.15 Å². The molecule has 0 unspecified atom stereocenters. The largest absolute Gasteiger partial charge is 0.336 e. The van der Waals surface area contributed by atoms with Crippen molar-refractivity contribution in [3.63, 3.8) is 0 Å². The Morgan fingerprint density at radius 1 is 1.19 bits per heavy atom. The Morgan fingerprint density at radius 3 is 2.33 bits per heavy atom. The second-order valence-electron chi connectivity index (χ2n) is 6.14. The van der Waals surface area contributed by atoms with Crippen LogP contribution < -0.4 is 0 Å². The Balaban J connectivity index is 1.65. The van der Waals surface area contributed by atoms with E-state index in [0.717, 1.165) is 32.2 Å². The van der Waals surface area contributed by atoms with Gasteiger partial charge in [-0.3, -0.25) is 14.4 Å². The molecule has 2 heterocycles. The fourth-order valence-electron chi connectivity index (χ4n) is 3.59. The van der Waals surface area contributed by atoms with Gasteiger partial charge in [-0.05, 0) is 19.8 Å². The van der Waals surface area contributed by atoms with Gasteiger partial charge in [0, 0.05) is 39.3 Å². The second-order valence-corrected chi connectivity index (χ2v) is 6.50. The van der Waals surface area contributed by atoms with Crippen LogP contribution in [0.5, 0.6) is 0 Å². The number of aryl methyl sites for hydroxylation is 2. The Bertz CT molecular complexity index is 528. The lowest BCUT2D eigenvalue weighted by Gasteiger charge is -2.38. The number of nitrogens with zero attached hydrogens (tertiary/aromatic N) is 4. The fraction of sp³-hybridized carbons (Fsp3) is 0.733. The van der Waals surface area contributed by atoms with Crippen LogP contribution in [0.15, 0.2) is 0 Å². The van der Waals surface area contributed by atoms with Gasteiger partial charge in [-0.25, -0.2) is 0 Å². The molecular weight excluding hydrogens is 288 g/mol. The molecule has 116 valence electrons. The molecule has 0 atom stereocenters. The van der Waals surface area contributed by atoms with Gasteiger partial charge >= 0.3 is 0 Å². The van der Waals surface area contributed by atoms with Crippen LogP contribution in [0.2, 0.25) is 5.15 Å². The molecule has 1 aromatic rings. The second kappa shape index (κ2) is 5.97. The molecule has 21 heavy (non-hydrogen) atoms. The van der Waals surface area contributed by atoms with E-state index in [1.807, 2.05) is 11.8 Å². The molecule has 1 aromatic heterocycles. The summed E-state index contributed by atoms with van der Waals surface area (Å²) in [6.45, 7) is 5.38. The monoisotopic (exact) mass is 310 g/mol. The van der Waals surface area contributed by atoms with E-state index in [2.05, 4.69) is 10.00 Å². The standard InChI is InChI=1S/C15H23ClN4O/c1-11-13(14(16)18(2)17-11)15(21)20-9-7-19(8-10-20)12-5-3-4-6-12/h12H,3-10H2,1-2H3. The number of carbonyl (C=O) groups is 1. The lowest BCUT2D eigenvalue weighted by atomic mass is 10.1. The molecule has 0 spiro atoms. The number of aromatic nitrogens is 2. The van der Waals surface area contributed by atoms with Crippen molar-refractivity contribution in [3.05, 3.63) is 16.4 Å². The first-order chi connectivity index (χ1) is 10.1. The zero-order chi connectivity index (χ0) is 15.0. The van der Waals surface area contributed by atoms with Crippen molar-refractivity contribution in [3.8, 4) is 0 Å². The molecule has 5 nitrogen and oxygen atoms in total. The van der Waals surface area contributed by atoms with Crippen LogP contribution in [0.25, 0.3) is 0 Å². The number of amides is 1. The topological polar surface area (TPSA) is 41.4 Å². The maximum Gasteiger partial charge on any atom is 0.258 e. The molecule has 6 heteroatoms. The highest BCUT2D eigenvalue weighted by Gasteiger charge is 2.30. The first kappa shape index (κ1) is 14.9. The van der Waals surface area contributed by atoms with Gasteiger partial charge in [-0.15, -0.1) is 0 Å². The van der Waals surface area contributed by atoms with Gasteiger partial charge in [0.25, 0.3) is 5.91 Å². The summed E-state index contributed by atoms with van der Waals surface area (Å²) in [5, 5.41) is 4.67. The Hall–Kier alpha value is -1.07. The zero-order valence-corrected chi connectivity index (χ0v) is 13.6. The third-order valence-electron chi connectivity index (χ3n) is 4.81. The number of halogens is 1. The maximum absolute atomic E-state index is 12.7. The van der Waals surface area contributed by atoms with Crippen molar-refractivity contribution in [1.82, 2.24) is 19.6 Å². The normalized spacial score (nSPS) is 21.2. The van der Waals surface area contributed by atoms with E-state index >= 15 is 0 Å². The summed E-state index contributed by atoms with van der Waals surface area (Å²) in [6.07, 6.45) is 5.35. The van der Waals surface area contributed by atoms with Crippen molar-refractivity contribution >= 4 is 17.5 Å². The molecule has 0 radical (unpaired) electrons. The van der Waals surface area contributed by atoms with E-state index < -0.39 is 0 Å². The highest BCUT2D eigenvalue weighted by Crippen LogP contribution is 2.25. The van der Waals surface area contributed by atoms with Crippen molar-refractivity contribution in [2.75, 3.05) is 26.2 Å². The minimum absolute atomic E-state index is 0.0247. The van der Waals surface area contributed by atoms with Crippen LogP contribution >= 0.6 is 11.6 Å². The zero-order valence-electron chi connectivity index (χ0n) is 12.8. The highest BCUT2D eigenvalue weighted by molar-refractivity contribution is 6.33. The predicted octanol–water partition coefficient (Wildman–Crippen LogP) is 2.08. The van der Waals surface area contributed by atoms with Gasteiger partial charge < -0.3 is 4.90 Å². The molecule has 2 aliphatic rings. The summed E-state index contributed by atoms with van der Waals surface area (Å²) in [6, 6.07) is 0.742. The Kier molecular flexibility index (Phi) is 4.22. The first-order valence-electron chi connectivity index (χ1n) is 7.80. The van der Waals surface area contributed by atoms with Crippen LogP contribution in [-0.4, -0.2) is 57.7 Å². The third kappa shape index (κ3) is 2.81. The SMILES string of the molecule is Cc1nn(C)c(Cl)c1C(=O)N1CCN(C2CCCC2)CC1. The van der Waals surface area contributed by atoms with Gasteiger partial charge in [-0.2, -0.15) is 5.10 Å². The fourth-order valence-corrected chi connectivity index (χ4v) is 3.85. The Morgan fingerprint density at radius 2 is 1.81 bits per heavy atom. The van der Waals surface area contributed by atoms with E-state index in [4.69, 9.17) is 11.6 Å². The maximum atomic E-state index is 12.7. The average Bonchev–Trinajstić information content (AvgIpc) is 3.08. The van der Waals surface area contributed by atoms with E-state index in [-0.39, 0.29) is 5.91 Å². The van der Waals surface area contributed by atoms with Crippen molar-refractivity contribution < 1.29 is 4.79 Å². The molecule has 1 saturated heterocycles. The Labute approximate surface area is 130 Å². The van der Waals surface area contributed by atoms with Crippen LogP contribution in [0.1, 0.15) is 41.7 Å². The van der Waals surface area contributed by atoms with Crippen LogP contribution in [-0.2, 0) is 7.05 Å². The number of carbonyl (C=O) groups excluding carboxylic acids is 1. The predicted molar refractivity (Wildman–Crippen MR) is 82.7 cm³/mol. The van der Waals surface area contributed by atoms with Crippen LogP contribution in [0.3, 0.4) is 0 Å². The van der Waals surface area contributed by atoms with E-state index in [9.17, 15) is 4.79 Å². The molecule has 2 fully saturated rings.